The summed E-state index contributed by atoms with van der Waals surface area (Å²) in [5, 5.41) is 3.95. The minimum Gasteiger partial charge on any atom is -0.492 e. The second-order valence-electron chi connectivity index (χ2n) is 3.77. The Hall–Kier alpha value is -1.69. The van der Waals surface area contributed by atoms with Crippen LogP contribution < -0.4 is 4.74 Å². The Kier molecular flexibility index (Phi) is 3.99. The maximum absolute atomic E-state index is 12.3. The quantitative estimate of drug-likeness (QED) is 0.860. The lowest BCUT2D eigenvalue weighted by atomic mass is 10.3. The van der Waals surface area contributed by atoms with Crippen LogP contribution in [0.1, 0.15) is 5.69 Å². The Morgan fingerprint density at radius 1 is 1.26 bits per heavy atom. The first-order valence-corrected chi connectivity index (χ1v) is 5.82. The summed E-state index contributed by atoms with van der Waals surface area (Å²) in [4.78, 5) is 0. The van der Waals surface area contributed by atoms with Gasteiger partial charge in [0.1, 0.15) is 12.4 Å². The molecule has 0 aliphatic rings. The molecule has 2 aromatic rings. The Morgan fingerprint density at radius 2 is 2.05 bits per heavy atom. The van der Waals surface area contributed by atoms with Crippen LogP contribution in [0.3, 0.4) is 0 Å². The van der Waals surface area contributed by atoms with Crippen LogP contribution in [0.15, 0.2) is 36.5 Å². The van der Waals surface area contributed by atoms with Crippen LogP contribution in [0.25, 0.3) is 0 Å². The van der Waals surface area contributed by atoms with Gasteiger partial charge in [0, 0.05) is 11.2 Å². The van der Waals surface area contributed by atoms with Crippen molar-refractivity contribution in [3.8, 4) is 5.75 Å². The number of rotatable bonds is 4. The van der Waals surface area contributed by atoms with Crippen molar-refractivity contribution in [1.29, 1.82) is 0 Å². The second-order valence-corrected chi connectivity index (χ2v) is 4.20. The third-order valence-corrected chi connectivity index (χ3v) is 2.55. The zero-order valence-corrected chi connectivity index (χ0v) is 10.4. The van der Waals surface area contributed by atoms with Gasteiger partial charge < -0.3 is 4.74 Å². The zero-order valence-electron chi connectivity index (χ0n) is 9.69. The van der Waals surface area contributed by atoms with E-state index in [1.54, 1.807) is 24.3 Å². The molecule has 0 atom stereocenters. The molecule has 0 bridgehead atoms. The van der Waals surface area contributed by atoms with Crippen molar-refractivity contribution in [3.05, 3.63) is 47.2 Å². The Balaban J connectivity index is 1.88. The van der Waals surface area contributed by atoms with Gasteiger partial charge in [0.25, 0.3) is 0 Å². The van der Waals surface area contributed by atoms with E-state index in [1.807, 2.05) is 0 Å². The molecule has 0 aliphatic heterocycles. The first-order chi connectivity index (χ1) is 8.95. The van der Waals surface area contributed by atoms with Crippen LogP contribution in [0, 0.1) is 0 Å². The van der Waals surface area contributed by atoms with Gasteiger partial charge in [0.15, 0.2) is 5.69 Å². The van der Waals surface area contributed by atoms with Gasteiger partial charge in [-0.05, 0) is 24.3 Å². The maximum Gasteiger partial charge on any atom is 0.435 e. The highest BCUT2D eigenvalue weighted by Crippen LogP contribution is 2.27. The van der Waals surface area contributed by atoms with Gasteiger partial charge >= 0.3 is 6.18 Å². The molecular formula is C12H10ClF3N2O. The van der Waals surface area contributed by atoms with Crippen molar-refractivity contribution in [2.24, 2.45) is 0 Å². The van der Waals surface area contributed by atoms with E-state index in [0.29, 0.717) is 10.8 Å². The average molecular weight is 291 g/mol. The van der Waals surface area contributed by atoms with Gasteiger partial charge in [0.2, 0.25) is 0 Å². The lowest BCUT2D eigenvalue weighted by Crippen LogP contribution is -2.11. The first-order valence-electron chi connectivity index (χ1n) is 5.44. The highest BCUT2D eigenvalue weighted by atomic mass is 35.5. The molecule has 2 rings (SSSR count). The number of aromatic nitrogens is 2. The summed E-state index contributed by atoms with van der Waals surface area (Å²) < 4.78 is 43.5. The number of alkyl halides is 3. The van der Waals surface area contributed by atoms with E-state index in [9.17, 15) is 13.2 Å². The summed E-state index contributed by atoms with van der Waals surface area (Å²) in [6.07, 6.45) is -3.15. The SMILES string of the molecule is FC(F)(F)c1ccn(CCOc2cccc(Cl)c2)n1. The van der Waals surface area contributed by atoms with Gasteiger partial charge in [-0.25, -0.2) is 0 Å². The molecule has 0 saturated heterocycles. The molecule has 0 spiro atoms. The van der Waals surface area contributed by atoms with E-state index in [2.05, 4.69) is 5.10 Å². The van der Waals surface area contributed by atoms with E-state index >= 15 is 0 Å². The zero-order chi connectivity index (χ0) is 13.9. The second kappa shape index (κ2) is 5.52. The topological polar surface area (TPSA) is 27.1 Å². The van der Waals surface area contributed by atoms with E-state index < -0.39 is 11.9 Å². The van der Waals surface area contributed by atoms with Crippen LogP contribution >= 0.6 is 11.6 Å². The Bertz CT molecular complexity index is 554. The Morgan fingerprint density at radius 3 is 2.68 bits per heavy atom. The van der Waals surface area contributed by atoms with Crippen molar-refractivity contribution < 1.29 is 17.9 Å². The molecular weight excluding hydrogens is 281 g/mol. The summed E-state index contributed by atoms with van der Waals surface area (Å²) in [5.74, 6) is 0.565. The molecule has 1 aromatic carbocycles. The van der Waals surface area contributed by atoms with Gasteiger partial charge in [-0.3, -0.25) is 4.68 Å². The van der Waals surface area contributed by atoms with Gasteiger partial charge in [-0.2, -0.15) is 18.3 Å². The van der Waals surface area contributed by atoms with Gasteiger partial charge in [-0.1, -0.05) is 17.7 Å². The fourth-order valence-electron chi connectivity index (χ4n) is 1.45. The fourth-order valence-corrected chi connectivity index (χ4v) is 1.63. The van der Waals surface area contributed by atoms with Crippen molar-refractivity contribution >= 4 is 11.6 Å². The van der Waals surface area contributed by atoms with Crippen LogP contribution in [0.4, 0.5) is 13.2 Å². The van der Waals surface area contributed by atoms with E-state index in [4.69, 9.17) is 16.3 Å². The minimum atomic E-state index is -4.42. The molecule has 0 aliphatic carbocycles. The number of hydrogen-bond acceptors (Lipinski definition) is 2. The summed E-state index contributed by atoms with van der Waals surface area (Å²) in [7, 11) is 0. The van der Waals surface area contributed by atoms with Crippen molar-refractivity contribution in [3.63, 3.8) is 0 Å². The third-order valence-electron chi connectivity index (χ3n) is 2.32. The summed E-state index contributed by atoms with van der Waals surface area (Å²) in [5.41, 5.74) is -0.907. The average Bonchev–Trinajstić information content (AvgIpc) is 2.77. The predicted octanol–water partition coefficient (Wildman–Crippen LogP) is 3.63. The van der Waals surface area contributed by atoms with Gasteiger partial charge in [0.05, 0.1) is 6.54 Å². The normalized spacial score (nSPS) is 11.6. The van der Waals surface area contributed by atoms with Crippen molar-refractivity contribution in [1.82, 2.24) is 9.78 Å². The van der Waals surface area contributed by atoms with E-state index in [0.717, 1.165) is 6.07 Å². The molecule has 1 aromatic heterocycles. The molecule has 0 saturated carbocycles. The summed E-state index contributed by atoms with van der Waals surface area (Å²) in [6.45, 7) is 0.432. The van der Waals surface area contributed by atoms with Crippen LogP contribution in [-0.4, -0.2) is 16.4 Å². The predicted molar refractivity (Wildman–Crippen MR) is 64.2 cm³/mol. The number of hydrogen-bond donors (Lipinski definition) is 0. The molecule has 0 fully saturated rings. The standard InChI is InChI=1S/C12H10ClF3N2O/c13-9-2-1-3-10(8-9)19-7-6-18-5-4-11(17-18)12(14,15)16/h1-5,8H,6-7H2. The van der Waals surface area contributed by atoms with Crippen LogP contribution in [0.5, 0.6) is 5.75 Å². The molecule has 102 valence electrons. The minimum absolute atomic E-state index is 0.208. The van der Waals surface area contributed by atoms with Crippen molar-refractivity contribution in [2.75, 3.05) is 6.61 Å². The lowest BCUT2D eigenvalue weighted by molar-refractivity contribution is -0.141. The number of halogens is 4. The molecule has 1 heterocycles. The smallest absolute Gasteiger partial charge is 0.435 e. The molecule has 0 amide bonds. The van der Waals surface area contributed by atoms with Gasteiger partial charge in [-0.15, -0.1) is 0 Å². The molecule has 3 nitrogen and oxygen atoms in total. The number of benzene rings is 1. The molecule has 7 heteroatoms. The fraction of sp³-hybridized carbons (Fsp3) is 0.250. The Labute approximate surface area is 112 Å². The lowest BCUT2D eigenvalue weighted by Gasteiger charge is -2.06. The molecule has 0 unspecified atom stereocenters. The van der Waals surface area contributed by atoms with E-state index in [1.165, 1.54) is 10.9 Å². The van der Waals surface area contributed by atoms with Crippen LogP contribution in [0.2, 0.25) is 5.02 Å². The highest BCUT2D eigenvalue weighted by molar-refractivity contribution is 6.30. The van der Waals surface area contributed by atoms with Crippen LogP contribution in [-0.2, 0) is 12.7 Å². The third kappa shape index (κ3) is 3.89. The van der Waals surface area contributed by atoms with Crippen molar-refractivity contribution in [2.45, 2.75) is 12.7 Å². The largest absolute Gasteiger partial charge is 0.492 e. The highest BCUT2D eigenvalue weighted by Gasteiger charge is 2.33. The first kappa shape index (κ1) is 13.7. The molecule has 0 radical (unpaired) electrons. The molecule has 19 heavy (non-hydrogen) atoms. The number of ether oxygens (including phenoxy) is 1. The monoisotopic (exact) mass is 290 g/mol. The summed E-state index contributed by atoms with van der Waals surface area (Å²) in [6, 6.07) is 7.71. The summed E-state index contributed by atoms with van der Waals surface area (Å²) >= 11 is 5.77. The number of nitrogens with zero attached hydrogens (tertiary/aromatic N) is 2. The molecule has 0 N–H and O–H groups in total. The maximum atomic E-state index is 12.3. The van der Waals surface area contributed by atoms with E-state index in [-0.39, 0.29) is 13.2 Å².